The van der Waals surface area contributed by atoms with Crippen LogP contribution in [0.5, 0.6) is 0 Å². The van der Waals surface area contributed by atoms with E-state index in [-0.39, 0.29) is 12.4 Å². The molecule has 1 aromatic heterocycles. The Morgan fingerprint density at radius 3 is 2.62 bits per heavy atom. The molecule has 13 heavy (non-hydrogen) atoms. The summed E-state index contributed by atoms with van der Waals surface area (Å²) in [4.78, 5) is 19.4. The largest absolute Gasteiger partial charge is 0.519 e. The third-order valence-corrected chi connectivity index (χ3v) is 1.20. The molecule has 0 amide bonds. The monoisotopic (exact) mass is 190 g/mol. The van der Waals surface area contributed by atoms with E-state index in [9.17, 15) is 4.79 Å². The average molecular weight is 190 g/mol. The smallest absolute Gasteiger partial charge is 0.396 e. The second-order valence-corrected chi connectivity index (χ2v) is 2.26. The summed E-state index contributed by atoms with van der Waals surface area (Å²) in [5.74, 6) is -0.210. The highest BCUT2D eigenvalue weighted by Gasteiger charge is 2.08. The normalized spacial score (nSPS) is 11.1. The number of hydrogen-bond acceptors (Lipinski definition) is 7. The van der Waals surface area contributed by atoms with E-state index in [1.807, 2.05) is 0 Å². The third kappa shape index (κ3) is 2.99. The zero-order valence-corrected chi connectivity index (χ0v) is 6.98. The van der Waals surface area contributed by atoms with Crippen LogP contribution < -0.4 is 17.3 Å². The lowest BCUT2D eigenvalue weighted by Crippen LogP contribution is -2.33. The molecule has 0 aliphatic heterocycles. The third-order valence-electron chi connectivity index (χ3n) is 1.20. The van der Waals surface area contributed by atoms with E-state index < -0.39 is 12.2 Å². The molecule has 1 heterocycles. The van der Waals surface area contributed by atoms with E-state index in [1.165, 1.54) is 0 Å². The summed E-state index contributed by atoms with van der Waals surface area (Å²) in [6, 6.07) is 0. The minimum atomic E-state index is -1.03. The van der Waals surface area contributed by atoms with Gasteiger partial charge in [0.15, 0.2) is 12.1 Å². The fraction of sp³-hybridized carbons (Fsp3) is 0.500. The molecule has 0 radical (unpaired) electrons. The Hall–Kier alpha value is -1.15. The first-order valence-electron chi connectivity index (χ1n) is 3.48. The molecule has 0 atom stereocenters. The first-order valence-corrected chi connectivity index (χ1v) is 3.48. The molecule has 0 aliphatic rings. The highest BCUT2D eigenvalue weighted by molar-refractivity contribution is 4.97. The van der Waals surface area contributed by atoms with Crippen LogP contribution in [0.25, 0.3) is 0 Å². The van der Waals surface area contributed by atoms with Gasteiger partial charge in [0.05, 0.1) is 0 Å². The van der Waals surface area contributed by atoms with Crippen LogP contribution in [-0.2, 0) is 16.4 Å². The van der Waals surface area contributed by atoms with Gasteiger partial charge in [0, 0.05) is 0 Å². The highest BCUT2D eigenvalue weighted by atomic mass is 17.2. The Labute approximate surface area is 73.1 Å². The lowest BCUT2D eigenvalue weighted by atomic mass is 10.4. The molecule has 1 aromatic rings. The average Bonchev–Trinajstić information content (AvgIpc) is 2.29. The van der Waals surface area contributed by atoms with Gasteiger partial charge in [-0.15, -0.1) is 0 Å². The molecule has 0 unspecified atom stereocenters. The van der Waals surface area contributed by atoms with E-state index in [4.69, 9.17) is 11.5 Å². The maximum Gasteiger partial charge on any atom is 0.519 e. The van der Waals surface area contributed by atoms with E-state index in [0.717, 1.165) is 0 Å². The lowest BCUT2D eigenvalue weighted by Gasteiger charge is -2.04. The molecule has 0 saturated carbocycles. The van der Waals surface area contributed by atoms with Gasteiger partial charge in [-0.25, -0.2) is 14.6 Å². The van der Waals surface area contributed by atoms with Crippen LogP contribution in [0.15, 0.2) is 13.6 Å². The summed E-state index contributed by atoms with van der Waals surface area (Å²) in [7, 11) is 0. The van der Waals surface area contributed by atoms with Crippen molar-refractivity contribution in [2.75, 3.05) is 0 Å². The van der Waals surface area contributed by atoms with Crippen molar-refractivity contribution in [3.05, 3.63) is 22.1 Å². The SMILES string of the molecule is Cc1oc(=O)oc1COOC(N)N. The van der Waals surface area contributed by atoms with Crippen LogP contribution in [-0.4, -0.2) is 6.35 Å². The van der Waals surface area contributed by atoms with Gasteiger partial charge in [0.1, 0.15) is 12.4 Å². The maximum atomic E-state index is 10.5. The van der Waals surface area contributed by atoms with Crippen molar-refractivity contribution in [1.29, 1.82) is 0 Å². The summed E-state index contributed by atoms with van der Waals surface area (Å²) in [6.45, 7) is 1.48. The summed E-state index contributed by atoms with van der Waals surface area (Å²) in [6.07, 6.45) is -1.03. The van der Waals surface area contributed by atoms with Crippen LogP contribution in [0.2, 0.25) is 0 Å². The van der Waals surface area contributed by atoms with Crippen LogP contribution in [0, 0.1) is 6.92 Å². The molecule has 0 saturated heterocycles. The minimum Gasteiger partial charge on any atom is -0.396 e. The fourth-order valence-corrected chi connectivity index (χ4v) is 0.672. The Balaban J connectivity index is 2.45. The number of aryl methyl sites for hydroxylation is 1. The first-order chi connectivity index (χ1) is 6.09. The standard InChI is InChI=1S/C6H10N2O5/c1-3-4(12-6(9)11-3)2-10-13-5(7)8/h5H,2,7-8H2,1H3. The van der Waals surface area contributed by atoms with Gasteiger partial charge in [0.25, 0.3) is 0 Å². The molecular formula is C6H10N2O5. The summed E-state index contributed by atoms with van der Waals surface area (Å²) in [5.41, 5.74) is 10.0. The second-order valence-electron chi connectivity index (χ2n) is 2.26. The van der Waals surface area contributed by atoms with Crippen molar-refractivity contribution in [1.82, 2.24) is 0 Å². The molecule has 1 rings (SSSR count). The van der Waals surface area contributed by atoms with Gasteiger partial charge in [-0.05, 0) is 6.92 Å². The number of nitrogens with two attached hydrogens (primary N) is 2. The predicted octanol–water partition coefficient (Wildman–Crippen LogP) is -0.810. The molecule has 0 fully saturated rings. The second kappa shape index (κ2) is 4.19. The lowest BCUT2D eigenvalue weighted by molar-refractivity contribution is -0.333. The number of hydrogen-bond donors (Lipinski definition) is 2. The minimum absolute atomic E-state index is 0.0809. The molecule has 4 N–H and O–H groups in total. The van der Waals surface area contributed by atoms with Crippen molar-refractivity contribution in [2.24, 2.45) is 11.5 Å². The van der Waals surface area contributed by atoms with Crippen molar-refractivity contribution >= 4 is 0 Å². The fourth-order valence-electron chi connectivity index (χ4n) is 0.672. The van der Waals surface area contributed by atoms with Crippen LogP contribution >= 0.6 is 0 Å². The zero-order valence-electron chi connectivity index (χ0n) is 6.98. The molecule has 0 aliphatic carbocycles. The molecule has 7 nitrogen and oxygen atoms in total. The first kappa shape index (κ1) is 9.93. The van der Waals surface area contributed by atoms with Crippen LogP contribution in [0.1, 0.15) is 11.5 Å². The van der Waals surface area contributed by atoms with Crippen molar-refractivity contribution in [2.45, 2.75) is 19.9 Å². The van der Waals surface area contributed by atoms with Gasteiger partial charge < -0.3 is 8.83 Å². The van der Waals surface area contributed by atoms with E-state index in [1.54, 1.807) is 6.92 Å². The van der Waals surface area contributed by atoms with E-state index >= 15 is 0 Å². The molecule has 0 spiro atoms. The number of rotatable bonds is 4. The summed E-state index contributed by atoms with van der Waals surface area (Å²) >= 11 is 0. The van der Waals surface area contributed by atoms with Crippen molar-refractivity contribution in [3.63, 3.8) is 0 Å². The Kier molecular flexibility index (Phi) is 3.20. The Morgan fingerprint density at radius 1 is 1.46 bits per heavy atom. The topological polar surface area (TPSA) is 114 Å². The summed E-state index contributed by atoms with van der Waals surface area (Å²) < 4.78 is 9.14. The molecule has 0 aromatic carbocycles. The van der Waals surface area contributed by atoms with Gasteiger partial charge in [-0.1, -0.05) is 0 Å². The molecule has 7 heteroatoms. The predicted molar refractivity (Wildman–Crippen MR) is 40.0 cm³/mol. The van der Waals surface area contributed by atoms with Crippen molar-refractivity contribution in [3.8, 4) is 0 Å². The van der Waals surface area contributed by atoms with Gasteiger partial charge >= 0.3 is 5.82 Å². The van der Waals surface area contributed by atoms with E-state index in [2.05, 4.69) is 18.6 Å². The van der Waals surface area contributed by atoms with Gasteiger partial charge in [-0.3, -0.25) is 11.5 Å². The zero-order chi connectivity index (χ0) is 9.84. The Morgan fingerprint density at radius 2 is 2.15 bits per heavy atom. The molecule has 0 bridgehead atoms. The highest BCUT2D eigenvalue weighted by Crippen LogP contribution is 2.06. The molecular weight excluding hydrogens is 180 g/mol. The van der Waals surface area contributed by atoms with Crippen LogP contribution in [0.3, 0.4) is 0 Å². The maximum absolute atomic E-state index is 10.5. The Bertz CT molecular complexity index is 315. The van der Waals surface area contributed by atoms with Crippen LogP contribution in [0.4, 0.5) is 0 Å². The summed E-state index contributed by atoms with van der Waals surface area (Å²) in [5, 5.41) is 0. The van der Waals surface area contributed by atoms with Gasteiger partial charge in [0.2, 0.25) is 0 Å². The van der Waals surface area contributed by atoms with Crippen molar-refractivity contribution < 1.29 is 18.6 Å². The van der Waals surface area contributed by atoms with Gasteiger partial charge in [-0.2, -0.15) is 0 Å². The van der Waals surface area contributed by atoms with E-state index in [0.29, 0.717) is 5.76 Å². The quantitative estimate of drug-likeness (QED) is 0.362. The molecule has 74 valence electrons.